The molecule has 0 saturated carbocycles. The number of aryl methyl sites for hydroxylation is 2. The van der Waals surface area contributed by atoms with E-state index in [0.29, 0.717) is 0 Å². The molecule has 5 aromatic rings. The molecular weight excluding hydrogens is 374 g/mol. The highest BCUT2D eigenvalue weighted by molar-refractivity contribution is 6.06. The molecule has 0 atom stereocenters. The van der Waals surface area contributed by atoms with Crippen LogP contribution >= 0.6 is 0 Å². The maximum atomic E-state index is 2.38. The Labute approximate surface area is 184 Å². The van der Waals surface area contributed by atoms with Gasteiger partial charge in [0, 0.05) is 16.8 Å². The lowest BCUT2D eigenvalue weighted by Gasteiger charge is -2.27. The molecule has 152 valence electrons. The first-order chi connectivity index (χ1) is 15.3. The van der Waals surface area contributed by atoms with Crippen molar-refractivity contribution >= 4 is 38.6 Å². The molecule has 0 saturated heterocycles. The Morgan fingerprint density at radius 1 is 0.516 bits per heavy atom. The second-order valence-electron chi connectivity index (χ2n) is 8.07. The zero-order valence-corrected chi connectivity index (χ0v) is 18.2. The molecule has 0 bridgehead atoms. The van der Waals surface area contributed by atoms with Crippen LogP contribution in [0.4, 0.5) is 17.1 Å². The largest absolute Gasteiger partial charge is 0.310 e. The summed E-state index contributed by atoms with van der Waals surface area (Å²) < 4.78 is 0. The van der Waals surface area contributed by atoms with Crippen LogP contribution in [0.3, 0.4) is 0 Å². The number of hydrogen-bond donors (Lipinski definition) is 0. The summed E-state index contributed by atoms with van der Waals surface area (Å²) in [5, 5.41) is 5.07. The van der Waals surface area contributed by atoms with E-state index in [4.69, 9.17) is 0 Å². The van der Waals surface area contributed by atoms with Crippen LogP contribution in [0, 0.1) is 0 Å². The van der Waals surface area contributed by atoms with Crippen molar-refractivity contribution in [1.29, 1.82) is 0 Å². The lowest BCUT2D eigenvalue weighted by Crippen LogP contribution is -2.10. The number of hydrogen-bond acceptors (Lipinski definition) is 1. The van der Waals surface area contributed by atoms with E-state index >= 15 is 0 Å². The molecule has 5 aromatic carbocycles. The Bertz CT molecular complexity index is 1280. The van der Waals surface area contributed by atoms with Crippen molar-refractivity contribution in [2.24, 2.45) is 0 Å². The van der Waals surface area contributed by atoms with Crippen LogP contribution in [0.2, 0.25) is 0 Å². The van der Waals surface area contributed by atoms with Gasteiger partial charge < -0.3 is 4.90 Å². The predicted octanol–water partition coefficient (Wildman–Crippen LogP) is 8.59. The Balaban J connectivity index is 1.75. The Morgan fingerprint density at radius 3 is 1.58 bits per heavy atom. The quantitative estimate of drug-likeness (QED) is 0.267. The van der Waals surface area contributed by atoms with Crippen molar-refractivity contribution in [3.8, 4) is 0 Å². The van der Waals surface area contributed by atoms with Gasteiger partial charge in [-0.15, -0.1) is 0 Å². The monoisotopic (exact) mass is 401 g/mol. The predicted molar refractivity (Wildman–Crippen MR) is 135 cm³/mol. The van der Waals surface area contributed by atoms with Crippen LogP contribution in [0.1, 0.15) is 25.0 Å². The van der Waals surface area contributed by atoms with Crippen LogP contribution in [0.15, 0.2) is 103 Å². The molecule has 0 unspecified atom stereocenters. The van der Waals surface area contributed by atoms with Gasteiger partial charge in [0.1, 0.15) is 0 Å². The van der Waals surface area contributed by atoms with Crippen molar-refractivity contribution in [2.45, 2.75) is 26.7 Å². The van der Waals surface area contributed by atoms with Crippen molar-refractivity contribution in [3.63, 3.8) is 0 Å². The molecule has 0 aliphatic rings. The zero-order chi connectivity index (χ0) is 21.2. The SMILES string of the molecule is CCc1ccc(N(c2ccc(CC)cc2)c2cccc3cc4ccccc4cc23)cc1. The summed E-state index contributed by atoms with van der Waals surface area (Å²) in [6, 6.07) is 37.8. The third-order valence-corrected chi connectivity index (χ3v) is 6.17. The highest BCUT2D eigenvalue weighted by Gasteiger charge is 2.15. The average Bonchev–Trinajstić information content (AvgIpc) is 2.84. The van der Waals surface area contributed by atoms with E-state index in [0.717, 1.165) is 12.8 Å². The lowest BCUT2D eigenvalue weighted by atomic mass is 10.0. The van der Waals surface area contributed by atoms with Crippen molar-refractivity contribution < 1.29 is 0 Å². The van der Waals surface area contributed by atoms with Gasteiger partial charge in [-0.05, 0) is 82.6 Å². The first-order valence-corrected chi connectivity index (χ1v) is 11.2. The van der Waals surface area contributed by atoms with Crippen molar-refractivity contribution in [2.75, 3.05) is 4.90 Å². The molecule has 1 heteroatoms. The van der Waals surface area contributed by atoms with E-state index in [1.165, 1.54) is 49.7 Å². The minimum absolute atomic E-state index is 1.05. The van der Waals surface area contributed by atoms with Gasteiger partial charge in [-0.25, -0.2) is 0 Å². The van der Waals surface area contributed by atoms with Gasteiger partial charge in [0.2, 0.25) is 0 Å². The first-order valence-electron chi connectivity index (χ1n) is 11.2. The minimum atomic E-state index is 1.05. The summed E-state index contributed by atoms with van der Waals surface area (Å²) in [6.07, 6.45) is 2.09. The van der Waals surface area contributed by atoms with Crippen LogP contribution < -0.4 is 4.90 Å². The Hall–Kier alpha value is -3.58. The third-order valence-electron chi connectivity index (χ3n) is 6.17. The second kappa shape index (κ2) is 8.28. The van der Waals surface area contributed by atoms with Gasteiger partial charge in [0.25, 0.3) is 0 Å². The summed E-state index contributed by atoms with van der Waals surface area (Å²) in [6.45, 7) is 4.40. The Morgan fingerprint density at radius 2 is 1.03 bits per heavy atom. The van der Waals surface area contributed by atoms with Crippen molar-refractivity contribution in [3.05, 3.63) is 114 Å². The van der Waals surface area contributed by atoms with Gasteiger partial charge in [0.05, 0.1) is 5.69 Å². The molecule has 0 aliphatic carbocycles. The van der Waals surface area contributed by atoms with Gasteiger partial charge in [0.15, 0.2) is 0 Å². The van der Waals surface area contributed by atoms with Gasteiger partial charge in [-0.1, -0.05) is 74.5 Å². The average molecular weight is 402 g/mol. The summed E-state index contributed by atoms with van der Waals surface area (Å²) in [5.74, 6) is 0. The molecule has 1 nitrogen and oxygen atoms in total. The normalized spacial score (nSPS) is 11.2. The van der Waals surface area contributed by atoms with E-state index in [1.54, 1.807) is 0 Å². The first kappa shape index (κ1) is 19.4. The van der Waals surface area contributed by atoms with Crippen LogP contribution in [-0.2, 0) is 12.8 Å². The second-order valence-corrected chi connectivity index (χ2v) is 8.07. The van der Waals surface area contributed by atoms with Gasteiger partial charge in [-0.2, -0.15) is 0 Å². The smallest absolute Gasteiger partial charge is 0.0540 e. The summed E-state index contributed by atoms with van der Waals surface area (Å²) >= 11 is 0. The maximum absolute atomic E-state index is 2.38. The van der Waals surface area contributed by atoms with E-state index in [9.17, 15) is 0 Å². The van der Waals surface area contributed by atoms with E-state index in [1.807, 2.05) is 0 Å². The Kier molecular flexibility index (Phi) is 5.18. The molecule has 31 heavy (non-hydrogen) atoms. The molecule has 5 rings (SSSR count). The van der Waals surface area contributed by atoms with Gasteiger partial charge >= 0.3 is 0 Å². The highest BCUT2D eigenvalue weighted by atomic mass is 15.1. The number of anilines is 3. The van der Waals surface area contributed by atoms with E-state index in [-0.39, 0.29) is 0 Å². The standard InChI is InChI=1S/C30H27N/c1-3-22-12-16-27(17-13-22)31(28-18-14-23(4-2)15-19-28)30-11-7-10-26-20-24-8-5-6-9-25(24)21-29(26)30/h5-21H,3-4H2,1-2H3. The van der Waals surface area contributed by atoms with E-state index < -0.39 is 0 Å². The number of benzene rings is 5. The summed E-state index contributed by atoms with van der Waals surface area (Å²) in [5.41, 5.74) is 6.28. The topological polar surface area (TPSA) is 3.24 Å². The molecule has 0 spiro atoms. The number of rotatable bonds is 5. The summed E-state index contributed by atoms with van der Waals surface area (Å²) in [7, 11) is 0. The lowest BCUT2D eigenvalue weighted by molar-refractivity contribution is 1.13. The van der Waals surface area contributed by atoms with Crippen LogP contribution in [0.25, 0.3) is 21.5 Å². The molecule has 0 amide bonds. The maximum Gasteiger partial charge on any atom is 0.0540 e. The number of nitrogens with zero attached hydrogens (tertiary/aromatic N) is 1. The van der Waals surface area contributed by atoms with Gasteiger partial charge in [-0.3, -0.25) is 0 Å². The molecular formula is C30H27N. The minimum Gasteiger partial charge on any atom is -0.310 e. The number of fused-ring (bicyclic) bond motifs is 2. The fraction of sp³-hybridized carbons (Fsp3) is 0.133. The molecule has 0 heterocycles. The van der Waals surface area contributed by atoms with Crippen LogP contribution in [-0.4, -0.2) is 0 Å². The molecule has 0 aromatic heterocycles. The molecule has 0 fully saturated rings. The summed E-state index contributed by atoms with van der Waals surface area (Å²) in [4.78, 5) is 2.38. The van der Waals surface area contributed by atoms with Crippen molar-refractivity contribution in [1.82, 2.24) is 0 Å². The van der Waals surface area contributed by atoms with E-state index in [2.05, 4.69) is 122 Å². The highest BCUT2D eigenvalue weighted by Crippen LogP contribution is 2.40. The molecule has 0 radical (unpaired) electrons. The molecule has 0 aliphatic heterocycles. The molecule has 0 N–H and O–H groups in total. The fourth-order valence-corrected chi connectivity index (χ4v) is 4.33. The fourth-order valence-electron chi connectivity index (χ4n) is 4.33. The third kappa shape index (κ3) is 3.68. The zero-order valence-electron chi connectivity index (χ0n) is 18.2. The van der Waals surface area contributed by atoms with Crippen LogP contribution in [0.5, 0.6) is 0 Å².